The van der Waals surface area contributed by atoms with Crippen molar-refractivity contribution in [2.45, 2.75) is 12.8 Å². The van der Waals surface area contributed by atoms with Gasteiger partial charge in [0.15, 0.2) is 0 Å². The van der Waals surface area contributed by atoms with E-state index in [1.165, 1.54) is 11.3 Å². The van der Waals surface area contributed by atoms with Gasteiger partial charge in [0.2, 0.25) is 11.0 Å². The monoisotopic (exact) mass is 242 g/mol. The Hall–Kier alpha value is -1.05. The molecule has 1 aliphatic rings. The van der Waals surface area contributed by atoms with E-state index in [-0.39, 0.29) is 5.91 Å². The van der Waals surface area contributed by atoms with Crippen LogP contribution in [0.25, 0.3) is 0 Å². The molecule has 2 rings (SSSR count). The number of ether oxygens (including phenoxy) is 1. The summed E-state index contributed by atoms with van der Waals surface area (Å²) >= 11 is 1.30. The molecule has 6 nitrogen and oxygen atoms in total. The summed E-state index contributed by atoms with van der Waals surface area (Å²) in [5.41, 5.74) is 6.79. The van der Waals surface area contributed by atoms with E-state index in [0.29, 0.717) is 37.7 Å². The lowest BCUT2D eigenvalue weighted by Crippen LogP contribution is -2.46. The van der Waals surface area contributed by atoms with Crippen LogP contribution < -0.4 is 11.1 Å². The van der Waals surface area contributed by atoms with Gasteiger partial charge in [-0.05, 0) is 12.8 Å². The molecule has 1 fully saturated rings. The molecule has 3 N–H and O–H groups in total. The summed E-state index contributed by atoms with van der Waals surface area (Å²) in [5.74, 6) is -0.0740. The highest BCUT2D eigenvalue weighted by Crippen LogP contribution is 2.30. The SMILES string of the molecule is NCC1(C(=O)Nc2nncs2)CCOCC1. The van der Waals surface area contributed by atoms with Gasteiger partial charge in [-0.1, -0.05) is 11.3 Å². The minimum Gasteiger partial charge on any atom is -0.381 e. The Morgan fingerprint density at radius 1 is 1.62 bits per heavy atom. The second kappa shape index (κ2) is 4.86. The van der Waals surface area contributed by atoms with E-state index in [4.69, 9.17) is 10.5 Å². The highest BCUT2D eigenvalue weighted by molar-refractivity contribution is 7.13. The molecule has 0 spiro atoms. The predicted octanol–water partition coefficient (Wildman–Crippen LogP) is 0.232. The molecule has 0 saturated carbocycles. The molecule has 1 saturated heterocycles. The summed E-state index contributed by atoms with van der Waals surface area (Å²) in [6, 6.07) is 0. The fourth-order valence-electron chi connectivity index (χ4n) is 1.74. The molecule has 1 aromatic heterocycles. The summed E-state index contributed by atoms with van der Waals surface area (Å²) in [6.45, 7) is 1.50. The number of aromatic nitrogens is 2. The van der Waals surface area contributed by atoms with Crippen molar-refractivity contribution in [2.24, 2.45) is 11.1 Å². The highest BCUT2D eigenvalue weighted by Gasteiger charge is 2.39. The lowest BCUT2D eigenvalue weighted by atomic mass is 9.79. The molecule has 1 aliphatic heterocycles. The first-order valence-corrected chi connectivity index (χ1v) is 6.00. The number of amides is 1. The third-order valence-corrected chi connectivity index (χ3v) is 3.51. The molecule has 7 heteroatoms. The lowest BCUT2D eigenvalue weighted by molar-refractivity contribution is -0.130. The Labute approximate surface area is 97.2 Å². The molecule has 0 atom stereocenters. The van der Waals surface area contributed by atoms with Crippen LogP contribution in [-0.4, -0.2) is 35.9 Å². The van der Waals surface area contributed by atoms with Crippen LogP contribution >= 0.6 is 11.3 Å². The van der Waals surface area contributed by atoms with E-state index in [2.05, 4.69) is 15.5 Å². The standard InChI is InChI=1S/C9H14N4O2S/c10-5-9(1-3-15-4-2-9)7(14)12-8-13-11-6-16-8/h6H,1-5,10H2,(H,12,13,14). The van der Waals surface area contributed by atoms with Gasteiger partial charge >= 0.3 is 0 Å². The largest absolute Gasteiger partial charge is 0.381 e. The van der Waals surface area contributed by atoms with E-state index in [9.17, 15) is 4.79 Å². The third kappa shape index (κ3) is 2.21. The van der Waals surface area contributed by atoms with Crippen molar-refractivity contribution in [3.05, 3.63) is 5.51 Å². The first kappa shape index (κ1) is 11.4. The van der Waals surface area contributed by atoms with E-state index in [0.717, 1.165) is 0 Å². The van der Waals surface area contributed by atoms with E-state index in [1.54, 1.807) is 5.51 Å². The van der Waals surface area contributed by atoms with Crippen LogP contribution in [0.4, 0.5) is 5.13 Å². The average Bonchev–Trinajstić information content (AvgIpc) is 2.82. The molecule has 16 heavy (non-hydrogen) atoms. The molecule has 1 aromatic rings. The molecule has 0 aromatic carbocycles. The molecule has 0 bridgehead atoms. The first-order chi connectivity index (χ1) is 7.77. The van der Waals surface area contributed by atoms with Crippen LogP contribution in [-0.2, 0) is 9.53 Å². The van der Waals surface area contributed by atoms with Crippen LogP contribution in [0.15, 0.2) is 5.51 Å². The molecule has 0 aliphatic carbocycles. The Bertz CT molecular complexity index is 348. The topological polar surface area (TPSA) is 90.1 Å². The normalized spacial score (nSPS) is 19.3. The highest BCUT2D eigenvalue weighted by atomic mass is 32.1. The Morgan fingerprint density at radius 2 is 2.38 bits per heavy atom. The number of nitrogens with one attached hydrogen (secondary N) is 1. The van der Waals surface area contributed by atoms with Crippen molar-refractivity contribution in [1.82, 2.24) is 10.2 Å². The van der Waals surface area contributed by atoms with Crippen molar-refractivity contribution < 1.29 is 9.53 Å². The van der Waals surface area contributed by atoms with Gasteiger partial charge < -0.3 is 15.8 Å². The van der Waals surface area contributed by atoms with Crippen molar-refractivity contribution in [1.29, 1.82) is 0 Å². The minimum absolute atomic E-state index is 0.0740. The maximum Gasteiger partial charge on any atom is 0.233 e. The van der Waals surface area contributed by atoms with E-state index >= 15 is 0 Å². The second-order valence-corrected chi connectivity index (χ2v) is 4.63. The molecular formula is C9H14N4O2S. The molecule has 1 amide bonds. The van der Waals surface area contributed by atoms with Crippen LogP contribution in [0.1, 0.15) is 12.8 Å². The van der Waals surface area contributed by atoms with Gasteiger partial charge in [0, 0.05) is 19.8 Å². The Balaban J connectivity index is 2.06. The minimum atomic E-state index is -0.510. The maximum absolute atomic E-state index is 12.1. The van der Waals surface area contributed by atoms with Gasteiger partial charge in [0.25, 0.3) is 0 Å². The molecule has 0 radical (unpaired) electrons. The van der Waals surface area contributed by atoms with Gasteiger partial charge in [0.05, 0.1) is 5.41 Å². The van der Waals surface area contributed by atoms with Gasteiger partial charge in [-0.2, -0.15) is 0 Å². The van der Waals surface area contributed by atoms with Crippen molar-refractivity contribution in [2.75, 3.05) is 25.1 Å². The van der Waals surface area contributed by atoms with Gasteiger partial charge in [-0.15, -0.1) is 10.2 Å². The zero-order valence-corrected chi connectivity index (χ0v) is 9.63. The molecule has 2 heterocycles. The molecule has 88 valence electrons. The van der Waals surface area contributed by atoms with Crippen molar-refractivity contribution in [3.8, 4) is 0 Å². The van der Waals surface area contributed by atoms with Gasteiger partial charge in [0.1, 0.15) is 5.51 Å². The van der Waals surface area contributed by atoms with Crippen molar-refractivity contribution in [3.63, 3.8) is 0 Å². The fraction of sp³-hybridized carbons (Fsp3) is 0.667. The third-order valence-electron chi connectivity index (χ3n) is 2.90. The average molecular weight is 242 g/mol. The van der Waals surface area contributed by atoms with Crippen LogP contribution in [0.2, 0.25) is 0 Å². The number of carbonyl (C=O) groups is 1. The smallest absolute Gasteiger partial charge is 0.233 e. The number of nitrogens with two attached hydrogens (primary N) is 1. The predicted molar refractivity (Wildman–Crippen MR) is 60.1 cm³/mol. The summed E-state index contributed by atoms with van der Waals surface area (Å²) in [4.78, 5) is 12.1. The molecule has 0 unspecified atom stereocenters. The quantitative estimate of drug-likeness (QED) is 0.792. The Morgan fingerprint density at radius 3 is 2.94 bits per heavy atom. The molecular weight excluding hydrogens is 228 g/mol. The van der Waals surface area contributed by atoms with E-state index in [1.807, 2.05) is 0 Å². The van der Waals surface area contributed by atoms with Gasteiger partial charge in [-0.3, -0.25) is 4.79 Å². The number of anilines is 1. The van der Waals surface area contributed by atoms with Crippen LogP contribution in [0, 0.1) is 5.41 Å². The zero-order valence-electron chi connectivity index (χ0n) is 8.81. The number of nitrogens with zero attached hydrogens (tertiary/aromatic N) is 2. The summed E-state index contributed by atoms with van der Waals surface area (Å²) in [7, 11) is 0. The van der Waals surface area contributed by atoms with E-state index < -0.39 is 5.41 Å². The number of hydrogen-bond donors (Lipinski definition) is 2. The van der Waals surface area contributed by atoms with Crippen LogP contribution in [0.5, 0.6) is 0 Å². The summed E-state index contributed by atoms with van der Waals surface area (Å²) in [6.07, 6.45) is 1.32. The first-order valence-electron chi connectivity index (χ1n) is 5.12. The van der Waals surface area contributed by atoms with Crippen LogP contribution in [0.3, 0.4) is 0 Å². The Kier molecular flexibility index (Phi) is 3.47. The fourth-order valence-corrected chi connectivity index (χ4v) is 2.18. The number of rotatable bonds is 3. The van der Waals surface area contributed by atoms with Gasteiger partial charge in [-0.25, -0.2) is 0 Å². The second-order valence-electron chi connectivity index (χ2n) is 3.79. The van der Waals surface area contributed by atoms with Crippen molar-refractivity contribution >= 4 is 22.4 Å². The lowest BCUT2D eigenvalue weighted by Gasteiger charge is -2.34. The maximum atomic E-state index is 12.1. The zero-order chi connectivity index (χ0) is 11.4. The summed E-state index contributed by atoms with van der Waals surface area (Å²) in [5, 5.41) is 10.7. The summed E-state index contributed by atoms with van der Waals surface area (Å²) < 4.78 is 5.25. The number of carbonyl (C=O) groups excluding carboxylic acids is 1. The number of hydrogen-bond acceptors (Lipinski definition) is 6.